The van der Waals surface area contributed by atoms with E-state index < -0.39 is 26.7 Å². The van der Waals surface area contributed by atoms with Crippen LogP contribution >= 0.6 is 0 Å². The minimum Gasteiger partial charge on any atom is -0.261 e. The Morgan fingerprint density at radius 2 is 1.72 bits per heavy atom. The molecule has 0 fully saturated rings. The lowest BCUT2D eigenvalue weighted by atomic mass is 10.2. The first-order valence-electron chi connectivity index (χ1n) is 7.83. The van der Waals surface area contributed by atoms with E-state index in [2.05, 4.69) is 4.98 Å². The smallest absolute Gasteiger partial charge is 0.261 e. The second-order valence-electron chi connectivity index (χ2n) is 5.47. The van der Waals surface area contributed by atoms with Crippen LogP contribution in [0.25, 0.3) is 0 Å². The first-order valence-corrected chi connectivity index (χ1v) is 9.27. The number of pyridine rings is 1. The number of hydrogen-bond donors (Lipinski definition) is 0. The van der Waals surface area contributed by atoms with Gasteiger partial charge in [0.25, 0.3) is 0 Å². The van der Waals surface area contributed by atoms with Gasteiger partial charge in [-0.05, 0) is 30.7 Å². The molecule has 0 aliphatic carbocycles. The molecule has 2 rings (SSSR count). The maximum Gasteiger partial charge on any atom is 0.417 e. The quantitative estimate of drug-likeness (QED) is 0.744. The Bertz CT molecular complexity index is 793. The van der Waals surface area contributed by atoms with Gasteiger partial charge < -0.3 is 0 Å². The van der Waals surface area contributed by atoms with Crippen molar-refractivity contribution in [2.24, 2.45) is 0 Å². The standard InChI is InChI=1S/C17H19F3N2O2S/c1-2-12-22(13-10-14-7-5-6-11-21-14)25(23,24)16-9-4-3-8-15(16)17(18,19)20/h3-9,11H,2,10,12-13H2,1H3. The number of rotatable bonds is 7. The highest BCUT2D eigenvalue weighted by molar-refractivity contribution is 7.89. The van der Waals surface area contributed by atoms with Gasteiger partial charge in [0.2, 0.25) is 10.0 Å². The van der Waals surface area contributed by atoms with Gasteiger partial charge in [0.05, 0.1) is 10.5 Å². The van der Waals surface area contributed by atoms with Crippen molar-refractivity contribution in [3.63, 3.8) is 0 Å². The van der Waals surface area contributed by atoms with Gasteiger partial charge in [-0.2, -0.15) is 17.5 Å². The van der Waals surface area contributed by atoms with Crippen LogP contribution in [0, 0.1) is 0 Å². The van der Waals surface area contributed by atoms with E-state index in [0.29, 0.717) is 18.5 Å². The summed E-state index contributed by atoms with van der Waals surface area (Å²) in [7, 11) is -4.26. The third-order valence-electron chi connectivity index (χ3n) is 3.63. The summed E-state index contributed by atoms with van der Waals surface area (Å²) in [5.41, 5.74) is -0.461. The van der Waals surface area contributed by atoms with Crippen molar-refractivity contribution in [1.82, 2.24) is 9.29 Å². The molecule has 0 unspecified atom stereocenters. The normalized spacial score (nSPS) is 12.5. The number of nitrogens with zero attached hydrogens (tertiary/aromatic N) is 2. The van der Waals surface area contributed by atoms with Gasteiger partial charge in [-0.1, -0.05) is 25.1 Å². The third kappa shape index (κ3) is 4.79. The Morgan fingerprint density at radius 3 is 2.32 bits per heavy atom. The minimum atomic E-state index is -4.73. The van der Waals surface area contributed by atoms with Gasteiger partial charge in [-0.25, -0.2) is 8.42 Å². The van der Waals surface area contributed by atoms with Crippen LogP contribution in [0.15, 0.2) is 53.6 Å². The summed E-state index contributed by atoms with van der Waals surface area (Å²) in [6.07, 6.45) is -2.32. The molecule has 1 aromatic heterocycles. The number of hydrogen-bond acceptors (Lipinski definition) is 3. The Morgan fingerprint density at radius 1 is 1.04 bits per heavy atom. The van der Waals surface area contributed by atoms with E-state index in [9.17, 15) is 21.6 Å². The summed E-state index contributed by atoms with van der Waals surface area (Å²) < 4.78 is 66.3. The molecule has 0 amide bonds. The lowest BCUT2D eigenvalue weighted by Gasteiger charge is -2.23. The molecule has 1 heterocycles. The van der Waals surface area contributed by atoms with E-state index in [0.717, 1.165) is 16.4 Å². The fourth-order valence-corrected chi connectivity index (χ4v) is 4.20. The molecule has 0 bridgehead atoms. The number of benzene rings is 1. The van der Waals surface area contributed by atoms with Crippen molar-refractivity contribution < 1.29 is 21.6 Å². The molecular formula is C17H19F3N2O2S. The van der Waals surface area contributed by atoms with Crippen LogP contribution in [-0.4, -0.2) is 30.8 Å². The number of halogens is 3. The van der Waals surface area contributed by atoms with Crippen LogP contribution in [0.1, 0.15) is 24.6 Å². The molecule has 0 atom stereocenters. The molecule has 0 radical (unpaired) electrons. The van der Waals surface area contributed by atoms with Gasteiger partial charge in [-0.3, -0.25) is 4.98 Å². The summed E-state index contributed by atoms with van der Waals surface area (Å²) in [6.45, 7) is 1.99. The zero-order chi connectivity index (χ0) is 18.5. The SMILES string of the molecule is CCCN(CCc1ccccn1)S(=O)(=O)c1ccccc1C(F)(F)F. The van der Waals surface area contributed by atoms with Crippen molar-refractivity contribution >= 4 is 10.0 Å². The zero-order valence-electron chi connectivity index (χ0n) is 13.7. The predicted octanol–water partition coefficient (Wildman–Crippen LogP) is 3.74. The van der Waals surface area contributed by atoms with Gasteiger partial charge in [0, 0.05) is 31.4 Å². The predicted molar refractivity (Wildman–Crippen MR) is 88.4 cm³/mol. The van der Waals surface area contributed by atoms with Crippen molar-refractivity contribution in [2.75, 3.05) is 13.1 Å². The average Bonchev–Trinajstić information content (AvgIpc) is 2.58. The van der Waals surface area contributed by atoms with Gasteiger partial charge in [0.1, 0.15) is 0 Å². The number of sulfonamides is 1. The van der Waals surface area contributed by atoms with E-state index in [1.165, 1.54) is 12.1 Å². The fraction of sp³-hybridized carbons (Fsp3) is 0.353. The van der Waals surface area contributed by atoms with Crippen molar-refractivity contribution in [2.45, 2.75) is 30.8 Å². The van der Waals surface area contributed by atoms with Crippen molar-refractivity contribution in [1.29, 1.82) is 0 Å². The molecule has 0 saturated carbocycles. The highest BCUT2D eigenvalue weighted by atomic mass is 32.2. The first kappa shape index (κ1) is 19.4. The second kappa shape index (κ2) is 7.97. The average molecular weight is 372 g/mol. The van der Waals surface area contributed by atoms with Gasteiger partial charge >= 0.3 is 6.18 Å². The number of alkyl halides is 3. The molecule has 4 nitrogen and oxygen atoms in total. The summed E-state index contributed by atoms with van der Waals surface area (Å²) in [6, 6.07) is 9.53. The molecule has 0 aliphatic rings. The molecule has 0 saturated heterocycles. The summed E-state index contributed by atoms with van der Waals surface area (Å²) in [4.78, 5) is 3.41. The van der Waals surface area contributed by atoms with Crippen molar-refractivity contribution in [3.05, 3.63) is 59.9 Å². The van der Waals surface area contributed by atoms with E-state index in [1.807, 2.05) is 0 Å². The molecule has 1 aromatic carbocycles. The topological polar surface area (TPSA) is 50.3 Å². The molecular weight excluding hydrogens is 353 g/mol. The molecule has 0 N–H and O–H groups in total. The van der Waals surface area contributed by atoms with Crippen LogP contribution in [0.4, 0.5) is 13.2 Å². The van der Waals surface area contributed by atoms with Crippen LogP contribution in [0.3, 0.4) is 0 Å². The Kier molecular flexibility index (Phi) is 6.18. The maximum absolute atomic E-state index is 13.2. The molecule has 2 aromatic rings. The molecule has 8 heteroatoms. The van der Waals surface area contributed by atoms with E-state index in [4.69, 9.17) is 0 Å². The molecule has 0 spiro atoms. The third-order valence-corrected chi connectivity index (χ3v) is 5.58. The summed E-state index contributed by atoms with van der Waals surface area (Å²) in [5, 5.41) is 0. The van der Waals surface area contributed by atoms with E-state index >= 15 is 0 Å². The lowest BCUT2D eigenvalue weighted by molar-refractivity contribution is -0.139. The highest BCUT2D eigenvalue weighted by Crippen LogP contribution is 2.35. The van der Waals surface area contributed by atoms with Crippen LogP contribution < -0.4 is 0 Å². The van der Waals surface area contributed by atoms with Crippen LogP contribution in [-0.2, 0) is 22.6 Å². The first-order chi connectivity index (χ1) is 11.8. The van der Waals surface area contributed by atoms with Crippen LogP contribution in [0.2, 0.25) is 0 Å². The van der Waals surface area contributed by atoms with E-state index in [-0.39, 0.29) is 13.1 Å². The molecule has 0 aliphatic heterocycles. The Hall–Kier alpha value is -1.93. The van der Waals surface area contributed by atoms with Crippen LogP contribution in [0.5, 0.6) is 0 Å². The maximum atomic E-state index is 13.2. The minimum absolute atomic E-state index is 0.0688. The van der Waals surface area contributed by atoms with Crippen molar-refractivity contribution in [3.8, 4) is 0 Å². The highest BCUT2D eigenvalue weighted by Gasteiger charge is 2.38. The molecule has 136 valence electrons. The lowest BCUT2D eigenvalue weighted by Crippen LogP contribution is -2.35. The second-order valence-corrected chi connectivity index (χ2v) is 7.38. The van der Waals surface area contributed by atoms with Gasteiger partial charge in [-0.15, -0.1) is 0 Å². The zero-order valence-corrected chi connectivity index (χ0v) is 14.5. The van der Waals surface area contributed by atoms with E-state index in [1.54, 1.807) is 31.3 Å². The largest absolute Gasteiger partial charge is 0.417 e. The number of aromatic nitrogens is 1. The summed E-state index contributed by atoms with van der Waals surface area (Å²) >= 11 is 0. The van der Waals surface area contributed by atoms with Gasteiger partial charge in [0.15, 0.2) is 0 Å². The monoisotopic (exact) mass is 372 g/mol. The Labute approximate surface area is 145 Å². The fourth-order valence-electron chi connectivity index (χ4n) is 2.45. The molecule has 25 heavy (non-hydrogen) atoms. The summed E-state index contributed by atoms with van der Waals surface area (Å²) in [5.74, 6) is 0. The Balaban J connectivity index is 2.34.